The molecule has 3 N–H and O–H groups in total. The Labute approximate surface area is 133 Å². The van der Waals surface area contributed by atoms with Crippen molar-refractivity contribution in [3.05, 3.63) is 48.0 Å². The summed E-state index contributed by atoms with van der Waals surface area (Å²) < 4.78 is 4.35. The zero-order chi connectivity index (χ0) is 18.0. The molecule has 126 valence electrons. The number of fused-ring (bicyclic) bond motifs is 1. The van der Waals surface area contributed by atoms with Crippen LogP contribution in [0.1, 0.15) is 41.0 Å². The van der Waals surface area contributed by atoms with Gasteiger partial charge in [0.05, 0.1) is 16.7 Å². The van der Waals surface area contributed by atoms with Crippen molar-refractivity contribution in [2.45, 2.75) is 25.9 Å². The van der Waals surface area contributed by atoms with Gasteiger partial charge in [-0.05, 0) is 32.4 Å². The molecule has 2 rings (SSSR count). The molecule has 0 aromatic heterocycles. The normalized spacial score (nSPS) is 12.0. The van der Waals surface area contributed by atoms with Crippen molar-refractivity contribution in [2.24, 2.45) is 0 Å². The van der Waals surface area contributed by atoms with Gasteiger partial charge < -0.3 is 20.1 Å². The number of hydrogen-bond acceptors (Lipinski definition) is 6. The number of esters is 2. The molecule has 1 aliphatic rings. The number of cyclic esters (lactones) is 2. The fourth-order valence-electron chi connectivity index (χ4n) is 1.31. The van der Waals surface area contributed by atoms with E-state index in [1.165, 1.54) is 0 Å². The fraction of sp³-hybridized carbons (Fsp3) is 0.312. The smallest absolute Gasteiger partial charge is 0.346 e. The van der Waals surface area contributed by atoms with Gasteiger partial charge >= 0.3 is 17.9 Å². The number of rotatable bonds is 3. The second-order valence-corrected chi connectivity index (χ2v) is 5.05. The van der Waals surface area contributed by atoms with Gasteiger partial charge in [0.25, 0.3) is 0 Å². The molecule has 0 unspecified atom stereocenters. The molecule has 23 heavy (non-hydrogen) atoms. The Kier molecular flexibility index (Phi) is 8.46. The SMILES string of the molecule is C=CC(=O)O.CC(C)(O)CCO.O=C1OC(=O)c2ccccc21. The van der Waals surface area contributed by atoms with Gasteiger partial charge in [0, 0.05) is 12.7 Å². The maximum absolute atomic E-state index is 10.8. The summed E-state index contributed by atoms with van der Waals surface area (Å²) >= 11 is 0. The number of aliphatic hydroxyl groups is 2. The van der Waals surface area contributed by atoms with Crippen molar-refractivity contribution in [2.75, 3.05) is 6.61 Å². The number of carbonyl (C=O) groups is 3. The predicted molar refractivity (Wildman–Crippen MR) is 82.0 cm³/mol. The van der Waals surface area contributed by atoms with Gasteiger partial charge in [0.15, 0.2) is 0 Å². The highest BCUT2D eigenvalue weighted by molar-refractivity contribution is 6.14. The molecule has 0 aliphatic carbocycles. The number of aliphatic carboxylic acids is 1. The Bertz CT molecular complexity index is 537. The Balaban J connectivity index is 0.000000351. The molecule has 0 bridgehead atoms. The highest BCUT2D eigenvalue weighted by Gasteiger charge is 2.28. The minimum absolute atomic E-state index is 0.0590. The van der Waals surface area contributed by atoms with Gasteiger partial charge in [-0.25, -0.2) is 14.4 Å². The molecule has 0 atom stereocenters. The van der Waals surface area contributed by atoms with E-state index in [1.54, 1.807) is 38.1 Å². The van der Waals surface area contributed by atoms with Crippen LogP contribution in [0, 0.1) is 0 Å². The molecule has 0 spiro atoms. The van der Waals surface area contributed by atoms with Crippen molar-refractivity contribution in [3.8, 4) is 0 Å². The fourth-order valence-corrected chi connectivity index (χ4v) is 1.31. The Morgan fingerprint density at radius 1 is 1.22 bits per heavy atom. The Hall–Kier alpha value is -2.51. The van der Waals surface area contributed by atoms with Gasteiger partial charge in [0.1, 0.15) is 0 Å². The van der Waals surface area contributed by atoms with Crippen LogP contribution < -0.4 is 0 Å². The van der Waals surface area contributed by atoms with Crippen molar-refractivity contribution < 1.29 is 34.4 Å². The van der Waals surface area contributed by atoms with E-state index in [-0.39, 0.29) is 6.61 Å². The first-order valence-electron chi connectivity index (χ1n) is 6.66. The first-order chi connectivity index (χ1) is 10.6. The average Bonchev–Trinajstić information content (AvgIpc) is 2.75. The topological polar surface area (TPSA) is 121 Å². The number of carbonyl (C=O) groups excluding carboxylic acids is 2. The lowest BCUT2D eigenvalue weighted by molar-refractivity contribution is -0.131. The molecule has 0 fully saturated rings. The van der Waals surface area contributed by atoms with Crippen molar-refractivity contribution in [1.82, 2.24) is 0 Å². The van der Waals surface area contributed by atoms with Crippen LogP contribution in [-0.4, -0.2) is 45.4 Å². The second-order valence-electron chi connectivity index (χ2n) is 5.05. The Morgan fingerprint density at radius 2 is 1.61 bits per heavy atom. The van der Waals surface area contributed by atoms with Crippen LogP contribution in [0.5, 0.6) is 0 Å². The quantitative estimate of drug-likeness (QED) is 0.436. The number of aliphatic hydroxyl groups excluding tert-OH is 1. The van der Waals surface area contributed by atoms with E-state index in [9.17, 15) is 14.4 Å². The molecule has 7 nitrogen and oxygen atoms in total. The van der Waals surface area contributed by atoms with Crippen LogP contribution in [0.2, 0.25) is 0 Å². The lowest BCUT2D eigenvalue weighted by atomic mass is 10.1. The molecule has 1 heterocycles. The molecule has 0 saturated carbocycles. The number of hydrogen-bond donors (Lipinski definition) is 3. The maximum atomic E-state index is 10.8. The predicted octanol–water partition coefficient (Wildman–Crippen LogP) is 1.39. The summed E-state index contributed by atoms with van der Waals surface area (Å²) in [6.45, 7) is 6.36. The first kappa shape index (κ1) is 20.5. The van der Waals surface area contributed by atoms with Crippen LogP contribution in [0.3, 0.4) is 0 Å². The second kappa shape index (κ2) is 9.50. The van der Waals surface area contributed by atoms with E-state index in [4.69, 9.17) is 15.3 Å². The van der Waals surface area contributed by atoms with E-state index < -0.39 is 23.5 Å². The lowest BCUT2D eigenvalue weighted by Gasteiger charge is -2.13. The van der Waals surface area contributed by atoms with Crippen LogP contribution in [0.15, 0.2) is 36.9 Å². The average molecular weight is 324 g/mol. The largest absolute Gasteiger partial charge is 0.478 e. The molecular formula is C16H20O7. The van der Waals surface area contributed by atoms with Crippen LogP contribution in [-0.2, 0) is 9.53 Å². The number of carboxylic acid groups (broad SMARTS) is 1. The highest BCUT2D eigenvalue weighted by Crippen LogP contribution is 2.18. The van der Waals surface area contributed by atoms with E-state index in [2.05, 4.69) is 11.3 Å². The van der Waals surface area contributed by atoms with Gasteiger partial charge in [-0.3, -0.25) is 0 Å². The third kappa shape index (κ3) is 8.50. The zero-order valence-corrected chi connectivity index (χ0v) is 13.0. The molecule has 1 aromatic rings. The monoisotopic (exact) mass is 324 g/mol. The van der Waals surface area contributed by atoms with E-state index in [0.717, 1.165) is 6.08 Å². The molecule has 0 radical (unpaired) electrons. The molecule has 7 heteroatoms. The van der Waals surface area contributed by atoms with Gasteiger partial charge in [0.2, 0.25) is 0 Å². The summed E-state index contributed by atoms with van der Waals surface area (Å²) in [4.78, 5) is 30.9. The maximum Gasteiger partial charge on any atom is 0.346 e. The van der Waals surface area contributed by atoms with Gasteiger partial charge in [-0.15, -0.1) is 0 Å². The lowest BCUT2D eigenvalue weighted by Crippen LogP contribution is -2.19. The van der Waals surface area contributed by atoms with E-state index in [1.807, 2.05) is 0 Å². The molecular weight excluding hydrogens is 304 g/mol. The molecule has 0 saturated heterocycles. The van der Waals surface area contributed by atoms with Crippen LogP contribution in [0.4, 0.5) is 0 Å². The van der Waals surface area contributed by atoms with Crippen molar-refractivity contribution >= 4 is 17.9 Å². The summed E-state index contributed by atoms with van der Waals surface area (Å²) in [5.41, 5.74) is 0.0179. The standard InChI is InChI=1S/C8H4O3.C5H12O2.C3H4O2/c9-7-5-3-1-2-4-6(5)8(10)11-7;1-5(2,7)3-4-6;1-2-3(4)5/h1-4H;6-7H,3-4H2,1-2H3;2H,1H2,(H,4,5). The van der Waals surface area contributed by atoms with Crippen molar-refractivity contribution in [3.63, 3.8) is 0 Å². The van der Waals surface area contributed by atoms with Crippen LogP contribution in [0.25, 0.3) is 0 Å². The zero-order valence-electron chi connectivity index (χ0n) is 13.0. The summed E-state index contributed by atoms with van der Waals surface area (Å²) in [6.07, 6.45) is 1.28. The number of ether oxygens (including phenoxy) is 1. The third-order valence-corrected chi connectivity index (χ3v) is 2.45. The summed E-state index contributed by atoms with van der Waals surface area (Å²) in [6, 6.07) is 6.53. The molecule has 1 aromatic carbocycles. The van der Waals surface area contributed by atoms with Gasteiger partial charge in [-0.1, -0.05) is 18.7 Å². The summed E-state index contributed by atoms with van der Waals surface area (Å²) in [5, 5.41) is 24.7. The Morgan fingerprint density at radius 3 is 1.83 bits per heavy atom. The minimum Gasteiger partial charge on any atom is -0.478 e. The minimum atomic E-state index is -0.981. The number of benzene rings is 1. The van der Waals surface area contributed by atoms with Gasteiger partial charge in [-0.2, -0.15) is 0 Å². The van der Waals surface area contributed by atoms with E-state index >= 15 is 0 Å². The summed E-state index contributed by atoms with van der Waals surface area (Å²) in [7, 11) is 0. The molecule has 0 amide bonds. The number of carboxylic acids is 1. The van der Waals surface area contributed by atoms with Crippen molar-refractivity contribution in [1.29, 1.82) is 0 Å². The highest BCUT2D eigenvalue weighted by atomic mass is 16.6. The molecule has 1 aliphatic heterocycles. The summed E-state index contributed by atoms with van der Waals surface area (Å²) in [5.74, 6) is -2.08. The third-order valence-electron chi connectivity index (χ3n) is 2.45. The van der Waals surface area contributed by atoms with Crippen LogP contribution >= 0.6 is 0 Å². The van der Waals surface area contributed by atoms with E-state index in [0.29, 0.717) is 17.5 Å². The first-order valence-corrected chi connectivity index (χ1v) is 6.66.